The lowest BCUT2D eigenvalue weighted by atomic mass is 10.1. The number of aromatic nitrogens is 1. The molecule has 1 N–H and O–H groups in total. The Morgan fingerprint density at radius 1 is 1.00 bits per heavy atom. The standard InChI is InChI=1S/C23H20N2O3S/c1-29(27,28)22-10-8-20(9-11-22)17-25-23(26)21-7-3-6-19(16-21)5-2-4-18-12-14-24-15-13-18/h3,6-16H,4,17H2,1H3,(H,25,26). The predicted octanol–water partition coefficient (Wildman–Crippen LogP) is 3.01. The SMILES string of the molecule is CS(=O)(=O)c1ccc(CNC(=O)c2cccc(C#CCc3ccncc3)c2)cc1. The van der Waals surface area contributed by atoms with Gasteiger partial charge in [-0.1, -0.05) is 30.0 Å². The van der Waals surface area contributed by atoms with Gasteiger partial charge in [0.15, 0.2) is 9.84 Å². The molecule has 0 spiro atoms. The van der Waals surface area contributed by atoms with Crippen molar-refractivity contribution in [1.29, 1.82) is 0 Å². The minimum atomic E-state index is -3.23. The molecule has 29 heavy (non-hydrogen) atoms. The third-order valence-electron chi connectivity index (χ3n) is 4.20. The van der Waals surface area contributed by atoms with Gasteiger partial charge < -0.3 is 5.32 Å². The number of benzene rings is 2. The fourth-order valence-corrected chi connectivity index (χ4v) is 3.26. The number of hydrogen-bond donors (Lipinski definition) is 1. The second-order valence-electron chi connectivity index (χ2n) is 6.51. The average Bonchev–Trinajstić information content (AvgIpc) is 2.73. The first kappa shape index (κ1) is 20.3. The van der Waals surface area contributed by atoms with Gasteiger partial charge >= 0.3 is 0 Å². The zero-order valence-electron chi connectivity index (χ0n) is 15.9. The third kappa shape index (κ3) is 6.03. The number of nitrogens with zero attached hydrogens (tertiary/aromatic N) is 1. The number of carbonyl (C=O) groups excluding carboxylic acids is 1. The number of amides is 1. The Bertz CT molecular complexity index is 1160. The van der Waals surface area contributed by atoms with Crippen LogP contribution in [0.15, 0.2) is 78.0 Å². The molecule has 146 valence electrons. The van der Waals surface area contributed by atoms with Crippen LogP contribution in [0.5, 0.6) is 0 Å². The van der Waals surface area contributed by atoms with Gasteiger partial charge in [0.2, 0.25) is 0 Å². The van der Waals surface area contributed by atoms with Gasteiger partial charge in [-0.3, -0.25) is 9.78 Å². The van der Waals surface area contributed by atoms with Crippen molar-refractivity contribution in [2.24, 2.45) is 0 Å². The zero-order valence-corrected chi connectivity index (χ0v) is 16.7. The van der Waals surface area contributed by atoms with Gasteiger partial charge in [-0.2, -0.15) is 0 Å². The van der Waals surface area contributed by atoms with Crippen LogP contribution >= 0.6 is 0 Å². The highest BCUT2D eigenvalue weighted by atomic mass is 32.2. The van der Waals surface area contributed by atoms with Crippen LogP contribution < -0.4 is 5.32 Å². The number of hydrogen-bond acceptors (Lipinski definition) is 4. The summed E-state index contributed by atoms with van der Waals surface area (Å²) >= 11 is 0. The molecular formula is C23H20N2O3S. The summed E-state index contributed by atoms with van der Waals surface area (Å²) in [4.78, 5) is 16.7. The van der Waals surface area contributed by atoms with Gasteiger partial charge in [-0.05, 0) is 53.6 Å². The Kier molecular flexibility index (Phi) is 6.43. The number of pyridine rings is 1. The molecule has 1 heterocycles. The normalized spacial score (nSPS) is 10.7. The molecule has 0 radical (unpaired) electrons. The van der Waals surface area contributed by atoms with Crippen molar-refractivity contribution in [3.8, 4) is 11.8 Å². The van der Waals surface area contributed by atoms with Crippen molar-refractivity contribution in [2.75, 3.05) is 6.26 Å². The molecule has 0 bridgehead atoms. The first-order valence-corrected chi connectivity index (χ1v) is 10.9. The Hall–Kier alpha value is -3.43. The van der Waals surface area contributed by atoms with Crippen LogP contribution in [0.2, 0.25) is 0 Å². The molecule has 1 aromatic heterocycles. The van der Waals surface area contributed by atoms with E-state index in [1.54, 1.807) is 42.7 Å². The number of rotatable bonds is 5. The van der Waals surface area contributed by atoms with E-state index < -0.39 is 9.84 Å². The maximum Gasteiger partial charge on any atom is 0.251 e. The summed E-state index contributed by atoms with van der Waals surface area (Å²) in [5.74, 6) is 5.96. The Morgan fingerprint density at radius 2 is 1.72 bits per heavy atom. The van der Waals surface area contributed by atoms with Crippen molar-refractivity contribution < 1.29 is 13.2 Å². The Labute approximate surface area is 170 Å². The molecule has 0 atom stereocenters. The Morgan fingerprint density at radius 3 is 2.41 bits per heavy atom. The van der Waals surface area contributed by atoms with Crippen molar-refractivity contribution in [3.05, 3.63) is 95.3 Å². The van der Waals surface area contributed by atoms with Crippen molar-refractivity contribution >= 4 is 15.7 Å². The molecule has 0 unspecified atom stereocenters. The van der Waals surface area contributed by atoms with E-state index in [4.69, 9.17) is 0 Å². The van der Waals surface area contributed by atoms with Crippen molar-refractivity contribution in [2.45, 2.75) is 17.9 Å². The number of carbonyl (C=O) groups is 1. The van der Waals surface area contributed by atoms with Crippen LogP contribution in [0.25, 0.3) is 0 Å². The smallest absolute Gasteiger partial charge is 0.251 e. The Balaban J connectivity index is 1.61. The molecule has 0 aliphatic rings. The van der Waals surface area contributed by atoms with Gasteiger partial charge in [0.05, 0.1) is 4.90 Å². The lowest BCUT2D eigenvalue weighted by Gasteiger charge is -2.07. The first-order valence-electron chi connectivity index (χ1n) is 8.97. The minimum absolute atomic E-state index is 0.213. The summed E-state index contributed by atoms with van der Waals surface area (Å²) in [6.07, 6.45) is 5.24. The zero-order chi connectivity index (χ0) is 20.7. The summed E-state index contributed by atoms with van der Waals surface area (Å²) in [6, 6.07) is 17.4. The van der Waals surface area contributed by atoms with E-state index in [0.29, 0.717) is 18.5 Å². The van der Waals surface area contributed by atoms with Gasteiger partial charge in [0.1, 0.15) is 0 Å². The lowest BCUT2D eigenvalue weighted by molar-refractivity contribution is 0.0951. The highest BCUT2D eigenvalue weighted by molar-refractivity contribution is 7.90. The van der Waals surface area contributed by atoms with E-state index in [-0.39, 0.29) is 10.8 Å². The molecular weight excluding hydrogens is 384 g/mol. The quantitative estimate of drug-likeness (QED) is 0.664. The molecule has 3 aromatic rings. The van der Waals surface area contributed by atoms with Gasteiger partial charge in [-0.15, -0.1) is 0 Å². The molecule has 0 aliphatic heterocycles. The van der Waals surface area contributed by atoms with Crippen molar-refractivity contribution in [3.63, 3.8) is 0 Å². The van der Waals surface area contributed by atoms with Gasteiger partial charge in [0, 0.05) is 42.7 Å². The molecule has 5 nitrogen and oxygen atoms in total. The summed E-state index contributed by atoms with van der Waals surface area (Å²) in [5.41, 5.74) is 3.19. The molecule has 0 saturated carbocycles. The minimum Gasteiger partial charge on any atom is -0.348 e. The van der Waals surface area contributed by atoms with Crippen LogP contribution in [0.3, 0.4) is 0 Å². The number of nitrogens with one attached hydrogen (secondary N) is 1. The molecule has 6 heteroatoms. The van der Waals surface area contributed by atoms with E-state index >= 15 is 0 Å². The maximum atomic E-state index is 12.4. The van der Waals surface area contributed by atoms with E-state index in [1.165, 1.54) is 12.1 Å². The molecule has 0 fully saturated rings. The van der Waals surface area contributed by atoms with Crippen LogP contribution in [-0.2, 0) is 22.8 Å². The largest absolute Gasteiger partial charge is 0.348 e. The van der Waals surface area contributed by atoms with Crippen LogP contribution in [0.1, 0.15) is 27.0 Å². The van der Waals surface area contributed by atoms with E-state index in [9.17, 15) is 13.2 Å². The molecule has 0 saturated heterocycles. The molecule has 1 amide bonds. The average molecular weight is 404 g/mol. The van der Waals surface area contributed by atoms with Crippen LogP contribution in [0.4, 0.5) is 0 Å². The first-order chi connectivity index (χ1) is 13.9. The molecule has 3 rings (SSSR count). The van der Waals surface area contributed by atoms with Crippen LogP contribution in [-0.4, -0.2) is 25.6 Å². The second kappa shape index (κ2) is 9.18. The predicted molar refractivity (Wildman–Crippen MR) is 112 cm³/mol. The fourth-order valence-electron chi connectivity index (χ4n) is 2.63. The monoisotopic (exact) mass is 404 g/mol. The topological polar surface area (TPSA) is 76.1 Å². The second-order valence-corrected chi connectivity index (χ2v) is 8.53. The van der Waals surface area contributed by atoms with Crippen LogP contribution in [0, 0.1) is 11.8 Å². The summed E-state index contributed by atoms with van der Waals surface area (Å²) in [6.45, 7) is 0.306. The third-order valence-corrected chi connectivity index (χ3v) is 5.33. The fraction of sp³-hybridized carbons (Fsp3) is 0.130. The molecule has 2 aromatic carbocycles. The highest BCUT2D eigenvalue weighted by Crippen LogP contribution is 2.11. The van der Waals surface area contributed by atoms with E-state index in [1.807, 2.05) is 18.2 Å². The number of sulfone groups is 1. The maximum absolute atomic E-state index is 12.4. The molecule has 0 aliphatic carbocycles. The summed E-state index contributed by atoms with van der Waals surface area (Å²) in [5, 5.41) is 2.84. The van der Waals surface area contributed by atoms with Gasteiger partial charge in [-0.25, -0.2) is 8.42 Å². The van der Waals surface area contributed by atoms with Crippen molar-refractivity contribution in [1.82, 2.24) is 10.3 Å². The lowest BCUT2D eigenvalue weighted by Crippen LogP contribution is -2.22. The van der Waals surface area contributed by atoms with E-state index in [0.717, 1.165) is 22.9 Å². The summed E-state index contributed by atoms with van der Waals surface area (Å²) in [7, 11) is -3.23. The van der Waals surface area contributed by atoms with E-state index in [2.05, 4.69) is 22.1 Å². The summed E-state index contributed by atoms with van der Waals surface area (Å²) < 4.78 is 23.0. The van der Waals surface area contributed by atoms with Gasteiger partial charge in [0.25, 0.3) is 5.91 Å². The highest BCUT2D eigenvalue weighted by Gasteiger charge is 2.08.